The molecule has 0 saturated carbocycles. The van der Waals surface area contributed by atoms with E-state index in [1.165, 1.54) is 7.05 Å². The summed E-state index contributed by atoms with van der Waals surface area (Å²) >= 11 is 0. The van der Waals surface area contributed by atoms with E-state index in [2.05, 4.69) is 15.7 Å². The molecule has 1 saturated heterocycles. The SMILES string of the molecule is Cn1ncc(C(F)(F)F)c1CNC(=O)NCC1CCCO1. The van der Waals surface area contributed by atoms with Crippen molar-refractivity contribution in [3.8, 4) is 0 Å². The monoisotopic (exact) mass is 306 g/mol. The molecule has 9 heteroatoms. The number of alkyl halides is 3. The fourth-order valence-electron chi connectivity index (χ4n) is 2.15. The van der Waals surface area contributed by atoms with Crippen molar-refractivity contribution < 1.29 is 22.7 Å². The van der Waals surface area contributed by atoms with Crippen LogP contribution in [0.25, 0.3) is 0 Å². The Bertz CT molecular complexity index is 495. The Morgan fingerprint density at radius 3 is 2.90 bits per heavy atom. The average Bonchev–Trinajstić information content (AvgIpc) is 3.02. The minimum Gasteiger partial charge on any atom is -0.376 e. The molecule has 21 heavy (non-hydrogen) atoms. The highest BCUT2D eigenvalue weighted by molar-refractivity contribution is 5.73. The fraction of sp³-hybridized carbons (Fsp3) is 0.667. The van der Waals surface area contributed by atoms with Crippen LogP contribution in [0.3, 0.4) is 0 Å². The summed E-state index contributed by atoms with van der Waals surface area (Å²) in [7, 11) is 1.40. The van der Waals surface area contributed by atoms with Gasteiger partial charge in [0.15, 0.2) is 0 Å². The molecule has 1 aliphatic heterocycles. The second-order valence-electron chi connectivity index (χ2n) is 4.82. The Labute approximate surface area is 119 Å². The summed E-state index contributed by atoms with van der Waals surface area (Å²) < 4.78 is 44.7. The van der Waals surface area contributed by atoms with Crippen molar-refractivity contribution in [2.75, 3.05) is 13.2 Å². The zero-order valence-corrected chi connectivity index (χ0v) is 11.5. The Hall–Kier alpha value is -1.77. The molecule has 1 fully saturated rings. The molecule has 1 aromatic rings. The number of rotatable bonds is 4. The number of hydrogen-bond acceptors (Lipinski definition) is 3. The number of nitrogens with one attached hydrogen (secondary N) is 2. The second kappa shape index (κ2) is 6.33. The van der Waals surface area contributed by atoms with Gasteiger partial charge >= 0.3 is 12.2 Å². The van der Waals surface area contributed by atoms with Crippen LogP contribution < -0.4 is 10.6 Å². The Morgan fingerprint density at radius 2 is 2.29 bits per heavy atom. The van der Waals surface area contributed by atoms with Gasteiger partial charge in [0.25, 0.3) is 0 Å². The van der Waals surface area contributed by atoms with E-state index < -0.39 is 17.8 Å². The number of hydrogen-bond donors (Lipinski definition) is 2. The molecular formula is C12H17F3N4O2. The number of urea groups is 1. The number of amides is 2. The van der Waals surface area contributed by atoms with Gasteiger partial charge in [-0.1, -0.05) is 0 Å². The lowest BCUT2D eigenvalue weighted by atomic mass is 10.2. The highest BCUT2D eigenvalue weighted by Gasteiger charge is 2.35. The third kappa shape index (κ3) is 4.10. The predicted octanol–water partition coefficient (Wildman–Crippen LogP) is 1.42. The number of aromatic nitrogens is 2. The molecule has 6 nitrogen and oxygen atoms in total. The van der Waals surface area contributed by atoms with Gasteiger partial charge in [-0.25, -0.2) is 4.79 Å². The molecule has 1 aromatic heterocycles. The molecule has 2 amide bonds. The molecule has 0 bridgehead atoms. The molecule has 0 spiro atoms. The first kappa shape index (κ1) is 15.6. The maximum Gasteiger partial charge on any atom is 0.419 e. The molecule has 1 unspecified atom stereocenters. The third-order valence-electron chi connectivity index (χ3n) is 3.30. The average molecular weight is 306 g/mol. The van der Waals surface area contributed by atoms with E-state index >= 15 is 0 Å². The van der Waals surface area contributed by atoms with E-state index in [1.807, 2.05) is 0 Å². The van der Waals surface area contributed by atoms with E-state index in [0.717, 1.165) is 23.7 Å². The van der Waals surface area contributed by atoms with E-state index in [0.29, 0.717) is 13.2 Å². The maximum atomic E-state index is 12.7. The summed E-state index contributed by atoms with van der Waals surface area (Å²) in [4.78, 5) is 11.6. The van der Waals surface area contributed by atoms with Gasteiger partial charge < -0.3 is 15.4 Å². The van der Waals surface area contributed by atoms with Crippen LogP contribution >= 0.6 is 0 Å². The van der Waals surface area contributed by atoms with E-state index in [1.54, 1.807) is 0 Å². The molecule has 0 radical (unpaired) electrons. The molecule has 1 aliphatic rings. The van der Waals surface area contributed by atoms with Gasteiger partial charge in [-0.3, -0.25) is 4.68 Å². The zero-order chi connectivity index (χ0) is 15.5. The number of ether oxygens (including phenoxy) is 1. The molecule has 1 atom stereocenters. The number of halogens is 3. The van der Waals surface area contributed by atoms with Crippen molar-refractivity contribution in [1.29, 1.82) is 0 Å². The minimum absolute atomic E-state index is 0.0156. The molecule has 0 aliphatic carbocycles. The van der Waals surface area contributed by atoms with Crippen molar-refractivity contribution in [3.05, 3.63) is 17.5 Å². The van der Waals surface area contributed by atoms with Gasteiger partial charge in [-0.15, -0.1) is 0 Å². The van der Waals surface area contributed by atoms with Gasteiger partial charge in [0.1, 0.15) is 0 Å². The van der Waals surface area contributed by atoms with E-state index in [-0.39, 0.29) is 18.3 Å². The largest absolute Gasteiger partial charge is 0.419 e. The molecule has 0 aromatic carbocycles. The summed E-state index contributed by atoms with van der Waals surface area (Å²) in [6, 6.07) is -0.528. The lowest BCUT2D eigenvalue weighted by Crippen LogP contribution is -2.39. The third-order valence-corrected chi connectivity index (χ3v) is 3.30. The molecule has 2 rings (SSSR count). The van der Waals surface area contributed by atoms with Gasteiger partial charge in [-0.05, 0) is 12.8 Å². The smallest absolute Gasteiger partial charge is 0.376 e. The standard InChI is InChI=1S/C12H17F3N4O2/c1-19-10(9(6-18-19)12(13,14)15)7-17-11(20)16-5-8-3-2-4-21-8/h6,8H,2-5,7H2,1H3,(H2,16,17,20). The number of nitrogens with zero attached hydrogens (tertiary/aromatic N) is 2. The van der Waals surface area contributed by atoms with Crippen molar-refractivity contribution in [2.24, 2.45) is 7.05 Å². The van der Waals surface area contributed by atoms with E-state index in [9.17, 15) is 18.0 Å². The summed E-state index contributed by atoms with van der Waals surface area (Å²) in [5, 5.41) is 8.55. The van der Waals surface area contributed by atoms with E-state index in [4.69, 9.17) is 4.74 Å². The van der Waals surface area contributed by atoms with Crippen LogP contribution in [-0.4, -0.2) is 35.1 Å². The van der Waals surface area contributed by atoms with Crippen LogP contribution in [0.5, 0.6) is 0 Å². The topological polar surface area (TPSA) is 68.2 Å². The van der Waals surface area contributed by atoms with Crippen LogP contribution in [0, 0.1) is 0 Å². The van der Waals surface area contributed by atoms with Crippen molar-refractivity contribution in [2.45, 2.75) is 31.7 Å². The highest BCUT2D eigenvalue weighted by atomic mass is 19.4. The lowest BCUT2D eigenvalue weighted by Gasteiger charge is -2.13. The minimum atomic E-state index is -4.49. The van der Waals surface area contributed by atoms with Gasteiger partial charge in [0, 0.05) is 20.2 Å². The van der Waals surface area contributed by atoms with Gasteiger partial charge in [-0.2, -0.15) is 18.3 Å². The van der Waals surface area contributed by atoms with Crippen LogP contribution in [0.15, 0.2) is 6.20 Å². The Morgan fingerprint density at radius 1 is 1.52 bits per heavy atom. The molecule has 118 valence electrons. The Kier molecular flexibility index (Phi) is 4.71. The molecule has 2 N–H and O–H groups in total. The van der Waals surface area contributed by atoms with Crippen LogP contribution in [0.2, 0.25) is 0 Å². The highest BCUT2D eigenvalue weighted by Crippen LogP contribution is 2.31. The van der Waals surface area contributed by atoms with Crippen LogP contribution in [0.1, 0.15) is 24.1 Å². The normalized spacial score (nSPS) is 18.8. The summed E-state index contributed by atoms with van der Waals surface area (Å²) in [6.07, 6.45) is -1.92. The van der Waals surface area contributed by atoms with Crippen LogP contribution in [0.4, 0.5) is 18.0 Å². The summed E-state index contributed by atoms with van der Waals surface area (Å²) in [6.45, 7) is 0.782. The lowest BCUT2D eigenvalue weighted by molar-refractivity contribution is -0.138. The Balaban J connectivity index is 1.85. The summed E-state index contributed by atoms with van der Waals surface area (Å²) in [5.41, 5.74) is -0.931. The second-order valence-corrected chi connectivity index (χ2v) is 4.82. The van der Waals surface area contributed by atoms with Gasteiger partial charge in [0.2, 0.25) is 0 Å². The number of carbonyl (C=O) groups excluding carboxylic acids is 1. The van der Waals surface area contributed by atoms with Crippen molar-refractivity contribution in [1.82, 2.24) is 20.4 Å². The first-order chi connectivity index (χ1) is 9.88. The van der Waals surface area contributed by atoms with Gasteiger partial charge in [0.05, 0.1) is 30.1 Å². The number of aryl methyl sites for hydroxylation is 1. The van der Waals surface area contributed by atoms with Crippen LogP contribution in [-0.2, 0) is 24.5 Å². The number of carbonyl (C=O) groups is 1. The van der Waals surface area contributed by atoms with Crippen molar-refractivity contribution >= 4 is 6.03 Å². The fourth-order valence-corrected chi connectivity index (χ4v) is 2.15. The first-order valence-electron chi connectivity index (χ1n) is 6.59. The summed E-state index contributed by atoms with van der Waals surface area (Å²) in [5.74, 6) is 0. The quantitative estimate of drug-likeness (QED) is 0.884. The molecular weight excluding hydrogens is 289 g/mol. The zero-order valence-electron chi connectivity index (χ0n) is 11.5. The predicted molar refractivity (Wildman–Crippen MR) is 67.4 cm³/mol. The maximum absolute atomic E-state index is 12.7. The first-order valence-corrected chi connectivity index (χ1v) is 6.59. The van der Waals surface area contributed by atoms with Crippen molar-refractivity contribution in [3.63, 3.8) is 0 Å². The molecule has 2 heterocycles.